The van der Waals surface area contributed by atoms with E-state index in [1.165, 1.54) is 0 Å². The molecule has 1 saturated heterocycles. The molecular formula is C12H20N4O. The van der Waals surface area contributed by atoms with Gasteiger partial charge in [-0.3, -0.25) is 9.48 Å². The average Bonchev–Trinajstić information content (AvgIpc) is 2.63. The van der Waals surface area contributed by atoms with E-state index in [4.69, 9.17) is 0 Å². The van der Waals surface area contributed by atoms with Gasteiger partial charge in [-0.15, -0.1) is 0 Å². The number of hydrogen-bond acceptors (Lipinski definition) is 3. The molecule has 0 aromatic carbocycles. The molecule has 1 N–H and O–H groups in total. The van der Waals surface area contributed by atoms with Crippen LogP contribution in [0.3, 0.4) is 0 Å². The van der Waals surface area contributed by atoms with Crippen LogP contribution in [0.15, 0.2) is 6.20 Å². The Labute approximate surface area is 102 Å². The monoisotopic (exact) mass is 236 g/mol. The first-order chi connectivity index (χ1) is 8.08. The first-order valence-corrected chi connectivity index (χ1v) is 6.06. The van der Waals surface area contributed by atoms with Crippen molar-refractivity contribution in [2.24, 2.45) is 7.05 Å². The summed E-state index contributed by atoms with van der Waals surface area (Å²) in [4.78, 5) is 14.3. The van der Waals surface area contributed by atoms with Crippen LogP contribution in [0.1, 0.15) is 28.9 Å². The molecule has 17 heavy (non-hydrogen) atoms. The second-order valence-corrected chi connectivity index (χ2v) is 4.82. The maximum Gasteiger partial charge on any atom is 0.254 e. The molecule has 0 saturated carbocycles. The Kier molecular flexibility index (Phi) is 3.47. The Morgan fingerprint density at radius 3 is 2.59 bits per heavy atom. The summed E-state index contributed by atoms with van der Waals surface area (Å²) in [6.07, 6.45) is 3.70. The predicted molar refractivity (Wildman–Crippen MR) is 65.9 cm³/mol. The summed E-state index contributed by atoms with van der Waals surface area (Å²) >= 11 is 0. The molecule has 2 heterocycles. The zero-order valence-corrected chi connectivity index (χ0v) is 10.7. The molecule has 0 atom stereocenters. The van der Waals surface area contributed by atoms with Gasteiger partial charge in [-0.2, -0.15) is 5.10 Å². The normalized spacial score (nSPS) is 18.3. The van der Waals surface area contributed by atoms with Gasteiger partial charge in [0.15, 0.2) is 0 Å². The van der Waals surface area contributed by atoms with Crippen molar-refractivity contribution < 1.29 is 4.79 Å². The minimum Gasteiger partial charge on any atom is -0.349 e. The van der Waals surface area contributed by atoms with Gasteiger partial charge < -0.3 is 10.2 Å². The second-order valence-electron chi connectivity index (χ2n) is 4.82. The number of amides is 1. The number of hydrogen-bond donors (Lipinski definition) is 1. The summed E-state index contributed by atoms with van der Waals surface area (Å²) in [6.45, 7) is 4.02. The Morgan fingerprint density at radius 1 is 1.41 bits per heavy atom. The Bertz CT molecular complexity index is 405. The van der Waals surface area contributed by atoms with Crippen molar-refractivity contribution in [3.63, 3.8) is 0 Å². The van der Waals surface area contributed by atoms with Crippen molar-refractivity contribution in [3.05, 3.63) is 17.5 Å². The minimum atomic E-state index is 0.00477. The molecule has 1 aliphatic heterocycles. The fraction of sp³-hybridized carbons (Fsp3) is 0.667. The van der Waals surface area contributed by atoms with Crippen LogP contribution < -0.4 is 5.32 Å². The lowest BCUT2D eigenvalue weighted by atomic mass is 10.1. The first-order valence-electron chi connectivity index (χ1n) is 6.06. The summed E-state index contributed by atoms with van der Waals surface area (Å²) in [6, 6.07) is 0.304. The third-order valence-corrected chi connectivity index (χ3v) is 3.53. The molecule has 5 heteroatoms. The molecule has 2 rings (SSSR count). The van der Waals surface area contributed by atoms with Crippen LogP contribution in [0, 0.1) is 6.92 Å². The van der Waals surface area contributed by atoms with Crippen molar-refractivity contribution in [3.8, 4) is 0 Å². The molecule has 5 nitrogen and oxygen atoms in total. The number of aryl methyl sites for hydroxylation is 1. The van der Waals surface area contributed by atoms with Crippen LogP contribution in [0.2, 0.25) is 0 Å². The number of likely N-dealkylation sites (tertiary alicyclic amines) is 1. The van der Waals surface area contributed by atoms with E-state index < -0.39 is 0 Å². The predicted octanol–water partition coefficient (Wildman–Crippen LogP) is 0.553. The van der Waals surface area contributed by atoms with Crippen LogP contribution in [0.25, 0.3) is 0 Å². The molecule has 1 amide bonds. The van der Waals surface area contributed by atoms with Gasteiger partial charge in [0.25, 0.3) is 5.91 Å². The van der Waals surface area contributed by atoms with Gasteiger partial charge in [0.2, 0.25) is 0 Å². The van der Waals surface area contributed by atoms with Crippen molar-refractivity contribution in [2.45, 2.75) is 25.8 Å². The van der Waals surface area contributed by atoms with E-state index >= 15 is 0 Å². The number of nitrogens with zero attached hydrogens (tertiary/aromatic N) is 3. The zero-order chi connectivity index (χ0) is 12.4. The van der Waals surface area contributed by atoms with Gasteiger partial charge in [-0.05, 0) is 39.9 Å². The summed E-state index contributed by atoms with van der Waals surface area (Å²) in [5, 5.41) is 7.18. The summed E-state index contributed by atoms with van der Waals surface area (Å²) in [7, 11) is 3.96. The lowest BCUT2D eigenvalue weighted by Gasteiger charge is -2.29. The molecule has 0 bridgehead atoms. The van der Waals surface area contributed by atoms with E-state index in [2.05, 4.69) is 22.4 Å². The van der Waals surface area contributed by atoms with E-state index in [0.29, 0.717) is 11.6 Å². The van der Waals surface area contributed by atoms with E-state index in [1.807, 2.05) is 14.0 Å². The molecule has 0 spiro atoms. The van der Waals surface area contributed by atoms with Crippen LogP contribution in [0.4, 0.5) is 0 Å². The number of aromatic nitrogens is 2. The highest BCUT2D eigenvalue weighted by molar-refractivity contribution is 5.95. The Hall–Kier alpha value is -1.36. The van der Waals surface area contributed by atoms with Crippen LogP contribution in [-0.4, -0.2) is 46.8 Å². The molecule has 1 aliphatic rings. The molecule has 1 aromatic heterocycles. The Balaban J connectivity index is 1.95. The largest absolute Gasteiger partial charge is 0.349 e. The highest BCUT2D eigenvalue weighted by Gasteiger charge is 2.20. The maximum atomic E-state index is 12.1. The first kappa shape index (κ1) is 12.1. The van der Waals surface area contributed by atoms with E-state index in [1.54, 1.807) is 10.9 Å². The second kappa shape index (κ2) is 4.87. The van der Waals surface area contributed by atoms with Crippen LogP contribution in [-0.2, 0) is 7.05 Å². The topological polar surface area (TPSA) is 50.2 Å². The number of rotatable bonds is 2. The third-order valence-electron chi connectivity index (χ3n) is 3.53. The number of nitrogens with one attached hydrogen (secondary N) is 1. The summed E-state index contributed by atoms with van der Waals surface area (Å²) in [5.41, 5.74) is 1.60. The summed E-state index contributed by atoms with van der Waals surface area (Å²) < 4.78 is 1.73. The van der Waals surface area contributed by atoms with Gasteiger partial charge in [0.1, 0.15) is 0 Å². The molecule has 94 valence electrons. The minimum absolute atomic E-state index is 0.00477. The van der Waals surface area contributed by atoms with Crippen molar-refractivity contribution in [1.29, 1.82) is 0 Å². The molecule has 0 aliphatic carbocycles. The molecule has 1 fully saturated rings. The number of piperidine rings is 1. The molecule has 1 aromatic rings. The zero-order valence-electron chi connectivity index (χ0n) is 10.7. The van der Waals surface area contributed by atoms with E-state index in [9.17, 15) is 4.79 Å². The van der Waals surface area contributed by atoms with Crippen molar-refractivity contribution in [1.82, 2.24) is 20.0 Å². The van der Waals surface area contributed by atoms with Crippen molar-refractivity contribution >= 4 is 5.91 Å². The van der Waals surface area contributed by atoms with Gasteiger partial charge >= 0.3 is 0 Å². The summed E-state index contributed by atoms with van der Waals surface area (Å²) in [5.74, 6) is 0.00477. The van der Waals surface area contributed by atoms with Gasteiger partial charge in [-0.1, -0.05) is 0 Å². The third kappa shape index (κ3) is 2.66. The highest BCUT2D eigenvalue weighted by atomic mass is 16.1. The average molecular weight is 236 g/mol. The fourth-order valence-corrected chi connectivity index (χ4v) is 2.14. The Morgan fingerprint density at radius 2 is 2.06 bits per heavy atom. The quantitative estimate of drug-likeness (QED) is 0.816. The number of carbonyl (C=O) groups is 1. The number of carbonyl (C=O) groups excluding carboxylic acids is 1. The SMILES string of the molecule is Cc1c(C(=O)NC2CCN(C)CC2)cnn1C. The molecular weight excluding hydrogens is 216 g/mol. The standard InChI is InChI=1S/C12H20N4O/c1-9-11(8-13-16(9)3)12(17)14-10-4-6-15(2)7-5-10/h8,10H,4-7H2,1-3H3,(H,14,17). The van der Waals surface area contributed by atoms with E-state index in [-0.39, 0.29) is 5.91 Å². The van der Waals surface area contributed by atoms with E-state index in [0.717, 1.165) is 31.6 Å². The van der Waals surface area contributed by atoms with Gasteiger partial charge in [0.05, 0.1) is 11.8 Å². The smallest absolute Gasteiger partial charge is 0.254 e. The highest BCUT2D eigenvalue weighted by Crippen LogP contribution is 2.11. The lowest BCUT2D eigenvalue weighted by molar-refractivity contribution is 0.0916. The van der Waals surface area contributed by atoms with Crippen molar-refractivity contribution in [2.75, 3.05) is 20.1 Å². The fourth-order valence-electron chi connectivity index (χ4n) is 2.14. The maximum absolute atomic E-state index is 12.1. The van der Waals surface area contributed by atoms with Crippen LogP contribution >= 0.6 is 0 Å². The van der Waals surface area contributed by atoms with Gasteiger partial charge in [0, 0.05) is 18.8 Å². The molecule has 0 radical (unpaired) electrons. The van der Waals surface area contributed by atoms with Crippen LogP contribution in [0.5, 0.6) is 0 Å². The molecule has 0 unspecified atom stereocenters. The lowest BCUT2D eigenvalue weighted by Crippen LogP contribution is -2.43. The van der Waals surface area contributed by atoms with Gasteiger partial charge in [-0.25, -0.2) is 0 Å².